The highest BCUT2D eigenvalue weighted by molar-refractivity contribution is 5.52. The second kappa shape index (κ2) is 6.00. The summed E-state index contributed by atoms with van der Waals surface area (Å²) in [6.45, 7) is 1.84. The zero-order valence-corrected chi connectivity index (χ0v) is 10.7. The van der Waals surface area contributed by atoms with Gasteiger partial charge in [0, 0.05) is 10.6 Å². The fourth-order valence-corrected chi connectivity index (χ4v) is 1.99. The van der Waals surface area contributed by atoms with Crippen molar-refractivity contribution in [1.82, 2.24) is 0 Å². The van der Waals surface area contributed by atoms with Gasteiger partial charge in [0.15, 0.2) is 0 Å². The van der Waals surface area contributed by atoms with Crippen molar-refractivity contribution in [3.05, 3.63) is 75.8 Å². The van der Waals surface area contributed by atoms with E-state index in [1.807, 2.05) is 61.5 Å². The molecule has 4 nitrogen and oxygen atoms in total. The Labute approximate surface area is 112 Å². The lowest BCUT2D eigenvalue weighted by molar-refractivity contribution is -0.482. The molecule has 0 spiro atoms. The Balaban J connectivity index is 2.24. The van der Waals surface area contributed by atoms with Crippen LogP contribution in [0.4, 0.5) is 5.69 Å². The molecular weight excluding hydrogens is 240 g/mol. The summed E-state index contributed by atoms with van der Waals surface area (Å²) in [5, 5.41) is 14.1. The van der Waals surface area contributed by atoms with Gasteiger partial charge in [-0.05, 0) is 24.1 Å². The van der Waals surface area contributed by atoms with Crippen LogP contribution >= 0.6 is 0 Å². The SMILES string of the molecule is Cc1ccccc1NC(C[N+](=O)[O-])c1ccccc1. The van der Waals surface area contributed by atoms with Crippen LogP contribution in [0.3, 0.4) is 0 Å². The summed E-state index contributed by atoms with van der Waals surface area (Å²) < 4.78 is 0. The van der Waals surface area contributed by atoms with Gasteiger partial charge in [-0.1, -0.05) is 48.5 Å². The van der Waals surface area contributed by atoms with Crippen molar-refractivity contribution in [1.29, 1.82) is 0 Å². The molecule has 0 amide bonds. The number of rotatable bonds is 5. The Morgan fingerprint density at radius 1 is 1.11 bits per heavy atom. The first kappa shape index (κ1) is 13.1. The van der Waals surface area contributed by atoms with Crippen molar-refractivity contribution in [3.63, 3.8) is 0 Å². The quantitative estimate of drug-likeness (QED) is 0.658. The summed E-state index contributed by atoms with van der Waals surface area (Å²) in [5.41, 5.74) is 2.92. The number of nitro groups is 1. The molecule has 0 aliphatic carbocycles. The predicted molar refractivity (Wildman–Crippen MR) is 75.8 cm³/mol. The number of anilines is 1. The van der Waals surface area contributed by atoms with Crippen molar-refractivity contribution in [2.24, 2.45) is 0 Å². The van der Waals surface area contributed by atoms with Crippen LogP contribution in [-0.2, 0) is 0 Å². The van der Waals surface area contributed by atoms with Crippen LogP contribution in [0.15, 0.2) is 54.6 Å². The van der Waals surface area contributed by atoms with Gasteiger partial charge in [-0.2, -0.15) is 0 Å². The van der Waals surface area contributed by atoms with E-state index >= 15 is 0 Å². The highest BCUT2D eigenvalue weighted by Crippen LogP contribution is 2.22. The van der Waals surface area contributed by atoms with Gasteiger partial charge in [-0.25, -0.2) is 0 Å². The minimum atomic E-state index is -0.322. The second-order valence-corrected chi connectivity index (χ2v) is 4.44. The number of benzene rings is 2. The Morgan fingerprint density at radius 3 is 2.37 bits per heavy atom. The van der Waals surface area contributed by atoms with E-state index in [-0.39, 0.29) is 17.5 Å². The fourth-order valence-electron chi connectivity index (χ4n) is 1.99. The van der Waals surface area contributed by atoms with E-state index in [0.717, 1.165) is 16.8 Å². The molecule has 2 rings (SSSR count). The monoisotopic (exact) mass is 256 g/mol. The fraction of sp³-hybridized carbons (Fsp3) is 0.200. The Morgan fingerprint density at radius 2 is 1.74 bits per heavy atom. The summed E-state index contributed by atoms with van der Waals surface area (Å²) in [5.74, 6) is 0. The van der Waals surface area contributed by atoms with Gasteiger partial charge in [0.25, 0.3) is 0 Å². The highest BCUT2D eigenvalue weighted by atomic mass is 16.6. The van der Waals surface area contributed by atoms with E-state index in [1.165, 1.54) is 0 Å². The zero-order valence-electron chi connectivity index (χ0n) is 10.7. The molecule has 0 saturated carbocycles. The van der Waals surface area contributed by atoms with Crippen LogP contribution < -0.4 is 5.32 Å². The zero-order chi connectivity index (χ0) is 13.7. The van der Waals surface area contributed by atoms with Crippen LogP contribution in [0.5, 0.6) is 0 Å². The largest absolute Gasteiger partial charge is 0.372 e. The summed E-state index contributed by atoms with van der Waals surface area (Å²) in [6.07, 6.45) is 0. The van der Waals surface area contributed by atoms with E-state index in [1.54, 1.807) is 0 Å². The number of nitrogens with zero attached hydrogens (tertiary/aromatic N) is 1. The molecule has 19 heavy (non-hydrogen) atoms. The smallest absolute Gasteiger partial charge is 0.227 e. The van der Waals surface area contributed by atoms with Gasteiger partial charge >= 0.3 is 0 Å². The first-order chi connectivity index (χ1) is 9.16. The molecular formula is C15H16N2O2. The molecule has 0 aromatic heterocycles. The molecule has 0 saturated heterocycles. The number of aryl methyl sites for hydroxylation is 1. The number of para-hydroxylation sites is 1. The summed E-state index contributed by atoms with van der Waals surface area (Å²) in [7, 11) is 0. The lowest BCUT2D eigenvalue weighted by Crippen LogP contribution is -2.20. The Hall–Kier alpha value is -2.36. The molecule has 2 aromatic carbocycles. The average molecular weight is 256 g/mol. The normalized spacial score (nSPS) is 11.8. The van der Waals surface area contributed by atoms with Gasteiger partial charge in [-0.15, -0.1) is 0 Å². The maximum Gasteiger partial charge on any atom is 0.227 e. The Kier molecular flexibility index (Phi) is 4.13. The minimum absolute atomic E-state index is 0.141. The second-order valence-electron chi connectivity index (χ2n) is 4.44. The average Bonchev–Trinajstić information content (AvgIpc) is 2.41. The van der Waals surface area contributed by atoms with E-state index in [4.69, 9.17) is 0 Å². The van der Waals surface area contributed by atoms with Crippen molar-refractivity contribution in [2.75, 3.05) is 11.9 Å². The number of hydrogen-bond donors (Lipinski definition) is 1. The van der Waals surface area contributed by atoms with Gasteiger partial charge in [0.1, 0.15) is 6.04 Å². The third-order valence-electron chi connectivity index (χ3n) is 3.01. The molecule has 98 valence electrons. The summed E-state index contributed by atoms with van der Waals surface area (Å²) >= 11 is 0. The highest BCUT2D eigenvalue weighted by Gasteiger charge is 2.17. The summed E-state index contributed by atoms with van der Waals surface area (Å²) in [4.78, 5) is 10.5. The standard InChI is InChI=1S/C15H16N2O2/c1-12-7-5-6-10-14(12)16-15(11-17(18)19)13-8-3-2-4-9-13/h2-10,15-16H,11H2,1H3. The van der Waals surface area contributed by atoms with Gasteiger partial charge in [-0.3, -0.25) is 10.1 Å². The first-order valence-electron chi connectivity index (χ1n) is 6.16. The molecule has 1 N–H and O–H groups in total. The molecule has 0 heterocycles. The van der Waals surface area contributed by atoms with Crippen LogP contribution in [0.25, 0.3) is 0 Å². The van der Waals surface area contributed by atoms with E-state index < -0.39 is 0 Å². The van der Waals surface area contributed by atoms with Crippen LogP contribution in [0.2, 0.25) is 0 Å². The molecule has 1 atom stereocenters. The van der Waals surface area contributed by atoms with Crippen LogP contribution in [-0.4, -0.2) is 11.5 Å². The van der Waals surface area contributed by atoms with Gasteiger partial charge < -0.3 is 5.32 Å². The lowest BCUT2D eigenvalue weighted by atomic mass is 10.1. The first-order valence-corrected chi connectivity index (χ1v) is 6.16. The van der Waals surface area contributed by atoms with E-state index in [2.05, 4.69) is 5.32 Å². The number of hydrogen-bond acceptors (Lipinski definition) is 3. The van der Waals surface area contributed by atoms with Crippen molar-refractivity contribution in [3.8, 4) is 0 Å². The molecule has 0 fully saturated rings. The maximum absolute atomic E-state index is 10.8. The third kappa shape index (κ3) is 3.55. The maximum atomic E-state index is 10.8. The van der Waals surface area contributed by atoms with Crippen LogP contribution in [0, 0.1) is 17.0 Å². The van der Waals surface area contributed by atoms with E-state index in [0.29, 0.717) is 0 Å². The van der Waals surface area contributed by atoms with Crippen molar-refractivity contribution in [2.45, 2.75) is 13.0 Å². The topological polar surface area (TPSA) is 55.2 Å². The predicted octanol–water partition coefficient (Wildman–Crippen LogP) is 3.42. The lowest BCUT2D eigenvalue weighted by Gasteiger charge is -2.18. The molecule has 0 aliphatic rings. The van der Waals surface area contributed by atoms with E-state index in [9.17, 15) is 10.1 Å². The molecule has 2 aromatic rings. The Bertz CT molecular complexity index is 555. The van der Waals surface area contributed by atoms with Crippen molar-refractivity contribution < 1.29 is 4.92 Å². The van der Waals surface area contributed by atoms with Crippen molar-refractivity contribution >= 4 is 5.69 Å². The molecule has 1 unspecified atom stereocenters. The molecule has 4 heteroatoms. The third-order valence-corrected chi connectivity index (χ3v) is 3.01. The minimum Gasteiger partial charge on any atom is -0.372 e. The number of nitrogens with one attached hydrogen (secondary N) is 1. The van der Waals surface area contributed by atoms with Crippen LogP contribution in [0.1, 0.15) is 17.2 Å². The molecule has 0 bridgehead atoms. The van der Waals surface area contributed by atoms with Gasteiger partial charge in [0.2, 0.25) is 6.54 Å². The summed E-state index contributed by atoms with van der Waals surface area (Å²) in [6, 6.07) is 17.0. The molecule has 0 radical (unpaired) electrons. The van der Waals surface area contributed by atoms with Gasteiger partial charge in [0.05, 0.1) is 0 Å². The molecule has 0 aliphatic heterocycles.